The number of thioether (sulfide) groups is 1. The monoisotopic (exact) mass is 487 g/mol. The van der Waals surface area contributed by atoms with Gasteiger partial charge in [-0.05, 0) is 62.2 Å². The van der Waals surface area contributed by atoms with Crippen molar-refractivity contribution >= 4 is 44.7 Å². The van der Waals surface area contributed by atoms with E-state index < -0.39 is 10.0 Å². The van der Waals surface area contributed by atoms with Gasteiger partial charge >= 0.3 is 0 Å². The Labute approximate surface area is 197 Å². The Hall–Kier alpha value is -2.20. The predicted molar refractivity (Wildman–Crippen MR) is 130 cm³/mol. The van der Waals surface area contributed by atoms with Gasteiger partial charge in [0.15, 0.2) is 0 Å². The van der Waals surface area contributed by atoms with E-state index in [9.17, 15) is 13.2 Å². The highest BCUT2D eigenvalue weighted by atomic mass is 32.2. The number of aryl methyl sites for hydroxylation is 1. The highest BCUT2D eigenvalue weighted by molar-refractivity contribution is 7.98. The lowest BCUT2D eigenvalue weighted by Gasteiger charge is -2.26. The number of nitrogens with zero attached hydrogens (tertiary/aromatic N) is 2. The van der Waals surface area contributed by atoms with Crippen LogP contribution >= 0.6 is 23.1 Å². The van der Waals surface area contributed by atoms with Gasteiger partial charge in [0.25, 0.3) is 5.91 Å². The zero-order valence-electron chi connectivity index (χ0n) is 17.8. The number of anilines is 1. The quantitative estimate of drug-likeness (QED) is 0.465. The molecule has 1 saturated heterocycles. The van der Waals surface area contributed by atoms with Crippen LogP contribution in [-0.4, -0.2) is 36.7 Å². The third-order valence-corrected chi connectivity index (χ3v) is 8.98. The minimum absolute atomic E-state index is 0.209. The number of benzene rings is 2. The summed E-state index contributed by atoms with van der Waals surface area (Å²) < 4.78 is 27.3. The molecular formula is C23H25N3O3S3. The van der Waals surface area contributed by atoms with Gasteiger partial charge in [0, 0.05) is 40.4 Å². The SMILES string of the molecule is Cc1nc(CSc2ccc(C(=O)Nc3cccc(S(=O)(=O)N4CCCCC4)c3)cc2)cs1. The highest BCUT2D eigenvalue weighted by Gasteiger charge is 2.26. The molecule has 1 fully saturated rings. The Bertz CT molecular complexity index is 1180. The lowest BCUT2D eigenvalue weighted by Crippen LogP contribution is -2.35. The number of rotatable bonds is 7. The molecule has 32 heavy (non-hydrogen) atoms. The number of piperidine rings is 1. The molecule has 1 amide bonds. The normalized spacial score (nSPS) is 14.9. The third-order valence-electron chi connectivity index (χ3n) is 5.21. The zero-order chi connectivity index (χ0) is 22.6. The number of nitrogens with one attached hydrogen (secondary N) is 1. The number of hydrogen-bond acceptors (Lipinski definition) is 6. The van der Waals surface area contributed by atoms with Crippen LogP contribution in [0.3, 0.4) is 0 Å². The molecule has 3 aromatic rings. The molecule has 168 valence electrons. The highest BCUT2D eigenvalue weighted by Crippen LogP contribution is 2.25. The molecule has 0 aliphatic carbocycles. The van der Waals surface area contributed by atoms with Crippen molar-refractivity contribution in [2.45, 2.75) is 41.7 Å². The van der Waals surface area contributed by atoms with Gasteiger partial charge in [-0.15, -0.1) is 23.1 Å². The first-order valence-corrected chi connectivity index (χ1v) is 13.8. The zero-order valence-corrected chi connectivity index (χ0v) is 20.2. The molecule has 2 aromatic carbocycles. The average Bonchev–Trinajstić information content (AvgIpc) is 3.24. The second-order valence-corrected chi connectivity index (χ2v) is 11.7. The third kappa shape index (κ3) is 5.58. The maximum absolute atomic E-state index is 12.9. The second kappa shape index (κ2) is 10.2. The number of thiazole rings is 1. The van der Waals surface area contributed by atoms with E-state index in [1.165, 1.54) is 10.4 Å². The summed E-state index contributed by atoms with van der Waals surface area (Å²) in [6, 6.07) is 13.8. The van der Waals surface area contributed by atoms with Gasteiger partial charge in [0.05, 0.1) is 15.6 Å². The largest absolute Gasteiger partial charge is 0.322 e. The van der Waals surface area contributed by atoms with Crippen LogP contribution in [0.2, 0.25) is 0 Å². The van der Waals surface area contributed by atoms with E-state index in [-0.39, 0.29) is 10.8 Å². The Morgan fingerprint density at radius 1 is 1.12 bits per heavy atom. The number of aromatic nitrogens is 1. The topological polar surface area (TPSA) is 79.4 Å². The van der Waals surface area contributed by atoms with Crippen LogP contribution in [0, 0.1) is 6.92 Å². The van der Waals surface area contributed by atoms with Crippen LogP contribution in [0.25, 0.3) is 0 Å². The molecule has 1 aliphatic rings. The summed E-state index contributed by atoms with van der Waals surface area (Å²) in [5.41, 5.74) is 2.03. The lowest BCUT2D eigenvalue weighted by molar-refractivity contribution is 0.102. The maximum atomic E-state index is 12.9. The van der Waals surface area contributed by atoms with E-state index >= 15 is 0 Å². The molecule has 1 N–H and O–H groups in total. The minimum atomic E-state index is -3.54. The van der Waals surface area contributed by atoms with Crippen molar-refractivity contribution in [2.24, 2.45) is 0 Å². The van der Waals surface area contributed by atoms with E-state index in [0.717, 1.165) is 40.6 Å². The van der Waals surface area contributed by atoms with Gasteiger partial charge in [0.1, 0.15) is 0 Å². The lowest BCUT2D eigenvalue weighted by atomic mass is 10.2. The summed E-state index contributed by atoms with van der Waals surface area (Å²) in [5, 5.41) is 5.93. The van der Waals surface area contributed by atoms with Gasteiger partial charge in [-0.3, -0.25) is 4.79 Å². The molecule has 1 aliphatic heterocycles. The Morgan fingerprint density at radius 2 is 1.88 bits per heavy atom. The molecule has 0 saturated carbocycles. The minimum Gasteiger partial charge on any atom is -0.322 e. The first-order chi connectivity index (χ1) is 15.4. The predicted octanol–water partition coefficient (Wildman–Crippen LogP) is 5.17. The number of sulfonamides is 1. The summed E-state index contributed by atoms with van der Waals surface area (Å²) in [7, 11) is -3.54. The molecular weight excluding hydrogens is 462 g/mol. The summed E-state index contributed by atoms with van der Waals surface area (Å²) in [5.74, 6) is 0.512. The molecule has 0 atom stereocenters. The molecule has 0 bridgehead atoms. The van der Waals surface area contributed by atoms with Crippen molar-refractivity contribution in [2.75, 3.05) is 18.4 Å². The van der Waals surface area contributed by atoms with Gasteiger partial charge in [-0.2, -0.15) is 4.31 Å². The summed E-state index contributed by atoms with van der Waals surface area (Å²) in [4.78, 5) is 18.4. The Kier molecular flexibility index (Phi) is 7.30. The first kappa shape index (κ1) is 23.0. The van der Waals surface area contributed by atoms with Crippen molar-refractivity contribution in [3.05, 3.63) is 70.2 Å². The van der Waals surface area contributed by atoms with E-state index in [1.54, 1.807) is 53.4 Å². The van der Waals surface area contributed by atoms with Crippen LogP contribution in [0.15, 0.2) is 63.7 Å². The van der Waals surface area contributed by atoms with Gasteiger partial charge in [-0.25, -0.2) is 13.4 Å². The molecule has 6 nitrogen and oxygen atoms in total. The van der Waals surface area contributed by atoms with Crippen molar-refractivity contribution in [3.63, 3.8) is 0 Å². The second-order valence-electron chi connectivity index (χ2n) is 7.62. The van der Waals surface area contributed by atoms with Gasteiger partial charge in [-0.1, -0.05) is 12.5 Å². The summed E-state index contributed by atoms with van der Waals surface area (Å²) >= 11 is 3.31. The molecule has 0 unspecified atom stereocenters. The Morgan fingerprint density at radius 3 is 2.56 bits per heavy atom. The fourth-order valence-electron chi connectivity index (χ4n) is 3.53. The van der Waals surface area contributed by atoms with Crippen LogP contribution in [0.1, 0.15) is 40.3 Å². The van der Waals surface area contributed by atoms with Crippen molar-refractivity contribution in [1.29, 1.82) is 0 Å². The Balaban J connectivity index is 1.39. The molecule has 9 heteroatoms. The van der Waals surface area contributed by atoms with Crippen molar-refractivity contribution in [1.82, 2.24) is 9.29 Å². The first-order valence-electron chi connectivity index (χ1n) is 10.5. The number of amides is 1. The van der Waals surface area contributed by atoms with Crippen LogP contribution in [0.5, 0.6) is 0 Å². The molecule has 0 radical (unpaired) electrons. The van der Waals surface area contributed by atoms with E-state index in [4.69, 9.17) is 0 Å². The van der Waals surface area contributed by atoms with Crippen LogP contribution < -0.4 is 5.32 Å². The van der Waals surface area contributed by atoms with E-state index in [0.29, 0.717) is 24.3 Å². The maximum Gasteiger partial charge on any atom is 0.255 e. The molecule has 1 aromatic heterocycles. The molecule has 0 spiro atoms. The standard InChI is InChI=1S/C23H25N3O3S3/c1-17-24-20(15-30-17)16-31-21-10-8-18(9-11-21)23(27)25-19-6-5-7-22(14-19)32(28,29)26-12-3-2-4-13-26/h5-11,14-15H,2-4,12-13,16H2,1H3,(H,25,27). The fraction of sp³-hybridized carbons (Fsp3) is 0.304. The molecule has 4 rings (SSSR count). The number of carbonyl (C=O) groups is 1. The van der Waals surface area contributed by atoms with Crippen LogP contribution in [-0.2, 0) is 15.8 Å². The van der Waals surface area contributed by atoms with Crippen molar-refractivity contribution in [3.8, 4) is 0 Å². The van der Waals surface area contributed by atoms with Gasteiger partial charge in [0.2, 0.25) is 10.0 Å². The van der Waals surface area contributed by atoms with E-state index in [1.807, 2.05) is 19.1 Å². The fourth-order valence-corrected chi connectivity index (χ4v) is 6.60. The number of hydrogen-bond donors (Lipinski definition) is 1. The summed E-state index contributed by atoms with van der Waals surface area (Å²) in [6.45, 7) is 3.09. The molecule has 2 heterocycles. The summed E-state index contributed by atoms with van der Waals surface area (Å²) in [6.07, 6.45) is 2.82. The van der Waals surface area contributed by atoms with E-state index in [2.05, 4.69) is 15.7 Å². The van der Waals surface area contributed by atoms with Crippen molar-refractivity contribution < 1.29 is 13.2 Å². The van der Waals surface area contributed by atoms with Gasteiger partial charge < -0.3 is 5.32 Å². The smallest absolute Gasteiger partial charge is 0.255 e. The average molecular weight is 488 g/mol. The number of carbonyl (C=O) groups excluding carboxylic acids is 1. The van der Waals surface area contributed by atoms with Crippen LogP contribution in [0.4, 0.5) is 5.69 Å².